The minimum atomic E-state index is -0.454. The fraction of sp³-hybridized carbons (Fsp3) is 0.263. The second kappa shape index (κ2) is 6.24. The van der Waals surface area contributed by atoms with E-state index in [1.165, 1.54) is 6.42 Å². The molecule has 2 amide bonds. The summed E-state index contributed by atoms with van der Waals surface area (Å²) in [6.45, 7) is 1.97. The van der Waals surface area contributed by atoms with Crippen LogP contribution in [-0.4, -0.2) is 17.9 Å². The monoisotopic (exact) mass is 308 g/mol. The second-order valence-electron chi connectivity index (χ2n) is 6.08. The number of aryl methyl sites for hydroxylation is 1. The van der Waals surface area contributed by atoms with Gasteiger partial charge in [-0.15, -0.1) is 0 Å². The van der Waals surface area contributed by atoms with Gasteiger partial charge in [0.2, 0.25) is 5.91 Å². The zero-order valence-electron chi connectivity index (χ0n) is 13.1. The molecule has 0 heterocycles. The summed E-state index contributed by atoms with van der Waals surface area (Å²) in [5.41, 5.74) is 9.33. The van der Waals surface area contributed by atoms with Gasteiger partial charge >= 0.3 is 0 Å². The number of nitrogens with one attached hydrogen (secondary N) is 1. The number of hydrogen-bond donors (Lipinski definition) is 2. The maximum absolute atomic E-state index is 12.3. The molecule has 0 atom stereocenters. The first-order valence-electron chi connectivity index (χ1n) is 7.86. The van der Waals surface area contributed by atoms with E-state index in [2.05, 4.69) is 5.32 Å². The topological polar surface area (TPSA) is 72.2 Å². The lowest BCUT2D eigenvalue weighted by molar-refractivity contribution is 0.0916. The van der Waals surface area contributed by atoms with Crippen LogP contribution >= 0.6 is 0 Å². The molecule has 0 saturated heterocycles. The molecular weight excluding hydrogens is 288 g/mol. The Hall–Kier alpha value is -2.62. The average molecular weight is 308 g/mol. The van der Waals surface area contributed by atoms with Crippen LogP contribution in [-0.2, 0) is 0 Å². The highest BCUT2D eigenvalue weighted by molar-refractivity contribution is 5.97. The lowest BCUT2D eigenvalue weighted by Gasteiger charge is -2.26. The average Bonchev–Trinajstić information content (AvgIpc) is 2.51. The fourth-order valence-corrected chi connectivity index (χ4v) is 2.74. The van der Waals surface area contributed by atoms with Crippen molar-refractivity contribution in [2.75, 3.05) is 0 Å². The highest BCUT2D eigenvalue weighted by Gasteiger charge is 2.20. The molecule has 0 unspecified atom stereocenters. The van der Waals surface area contributed by atoms with E-state index >= 15 is 0 Å². The number of benzene rings is 2. The van der Waals surface area contributed by atoms with Crippen LogP contribution in [0.5, 0.6) is 0 Å². The fourth-order valence-electron chi connectivity index (χ4n) is 2.74. The molecule has 4 nitrogen and oxygen atoms in total. The van der Waals surface area contributed by atoms with Gasteiger partial charge in [0.15, 0.2) is 0 Å². The number of carbonyl (C=O) groups is 2. The molecule has 0 aromatic heterocycles. The van der Waals surface area contributed by atoms with Gasteiger partial charge < -0.3 is 11.1 Å². The van der Waals surface area contributed by atoms with E-state index in [1.807, 2.05) is 37.3 Å². The first kappa shape index (κ1) is 15.3. The summed E-state index contributed by atoms with van der Waals surface area (Å²) in [5, 5.41) is 3.04. The summed E-state index contributed by atoms with van der Waals surface area (Å²) in [5.74, 6) is -0.495. The van der Waals surface area contributed by atoms with Gasteiger partial charge in [0.05, 0.1) is 0 Å². The standard InChI is InChI=1S/C19H20N2O2/c1-12-8-9-14(18(20)22)11-17(12)13-4-2-5-15(10-13)19(23)21-16-6-3-7-16/h2,4-5,8-11,16H,3,6-7H2,1H3,(H2,20,22)(H,21,23). The molecule has 1 aliphatic carbocycles. The Labute approximate surface area is 135 Å². The molecule has 118 valence electrons. The Balaban J connectivity index is 1.91. The van der Waals surface area contributed by atoms with Crippen LogP contribution in [0.4, 0.5) is 0 Å². The minimum Gasteiger partial charge on any atom is -0.366 e. The van der Waals surface area contributed by atoms with E-state index in [-0.39, 0.29) is 5.91 Å². The maximum Gasteiger partial charge on any atom is 0.251 e. The van der Waals surface area contributed by atoms with Crippen LogP contribution in [0.15, 0.2) is 42.5 Å². The zero-order chi connectivity index (χ0) is 16.4. The Morgan fingerprint density at radius 2 is 1.87 bits per heavy atom. The van der Waals surface area contributed by atoms with E-state index < -0.39 is 5.91 Å². The first-order chi connectivity index (χ1) is 11.0. The van der Waals surface area contributed by atoms with Gasteiger partial charge in [0, 0.05) is 17.2 Å². The smallest absolute Gasteiger partial charge is 0.251 e. The van der Waals surface area contributed by atoms with Crippen molar-refractivity contribution in [3.63, 3.8) is 0 Å². The predicted octanol–water partition coefficient (Wildman–Crippen LogP) is 3.04. The molecular formula is C19H20N2O2. The summed E-state index contributed by atoms with van der Waals surface area (Å²) in [6.07, 6.45) is 3.31. The third kappa shape index (κ3) is 3.26. The summed E-state index contributed by atoms with van der Waals surface area (Å²) < 4.78 is 0. The molecule has 1 saturated carbocycles. The van der Waals surface area contributed by atoms with Gasteiger partial charge in [0.25, 0.3) is 5.91 Å². The number of amides is 2. The quantitative estimate of drug-likeness (QED) is 0.911. The van der Waals surface area contributed by atoms with Crippen molar-refractivity contribution in [3.8, 4) is 11.1 Å². The molecule has 2 aromatic carbocycles. The van der Waals surface area contributed by atoms with Crippen LogP contribution in [0.1, 0.15) is 45.5 Å². The number of primary amides is 1. The van der Waals surface area contributed by atoms with Crippen molar-refractivity contribution in [2.45, 2.75) is 32.2 Å². The van der Waals surface area contributed by atoms with Crippen LogP contribution in [0, 0.1) is 6.92 Å². The van der Waals surface area contributed by atoms with Crippen molar-refractivity contribution < 1.29 is 9.59 Å². The molecule has 0 bridgehead atoms. The second-order valence-corrected chi connectivity index (χ2v) is 6.08. The van der Waals surface area contributed by atoms with Gasteiger partial charge in [-0.3, -0.25) is 9.59 Å². The van der Waals surface area contributed by atoms with Crippen molar-refractivity contribution in [3.05, 3.63) is 59.2 Å². The Morgan fingerprint density at radius 1 is 1.09 bits per heavy atom. The summed E-state index contributed by atoms with van der Waals surface area (Å²) in [7, 11) is 0. The van der Waals surface area contributed by atoms with Crippen LogP contribution in [0.2, 0.25) is 0 Å². The Morgan fingerprint density at radius 3 is 2.52 bits per heavy atom. The minimum absolute atomic E-state index is 0.0414. The first-order valence-corrected chi connectivity index (χ1v) is 7.86. The van der Waals surface area contributed by atoms with Crippen LogP contribution < -0.4 is 11.1 Å². The van der Waals surface area contributed by atoms with Crippen LogP contribution in [0.25, 0.3) is 11.1 Å². The Bertz CT molecular complexity index is 764. The van der Waals surface area contributed by atoms with Crippen molar-refractivity contribution in [1.82, 2.24) is 5.32 Å². The van der Waals surface area contributed by atoms with Gasteiger partial charge in [-0.05, 0) is 67.1 Å². The summed E-state index contributed by atoms with van der Waals surface area (Å²) in [4.78, 5) is 23.7. The molecule has 4 heteroatoms. The van der Waals surface area contributed by atoms with Gasteiger partial charge in [0.1, 0.15) is 0 Å². The van der Waals surface area contributed by atoms with Gasteiger partial charge in [-0.2, -0.15) is 0 Å². The molecule has 0 radical (unpaired) electrons. The lowest BCUT2D eigenvalue weighted by atomic mass is 9.92. The van der Waals surface area contributed by atoms with E-state index in [0.29, 0.717) is 17.2 Å². The number of nitrogens with two attached hydrogens (primary N) is 1. The van der Waals surface area contributed by atoms with E-state index in [1.54, 1.807) is 12.1 Å². The molecule has 0 spiro atoms. The number of hydrogen-bond acceptors (Lipinski definition) is 2. The summed E-state index contributed by atoms with van der Waals surface area (Å²) >= 11 is 0. The Kier molecular flexibility index (Phi) is 4.15. The number of carbonyl (C=O) groups excluding carboxylic acids is 2. The maximum atomic E-state index is 12.3. The highest BCUT2D eigenvalue weighted by atomic mass is 16.2. The molecule has 1 aliphatic rings. The van der Waals surface area contributed by atoms with Crippen molar-refractivity contribution >= 4 is 11.8 Å². The van der Waals surface area contributed by atoms with E-state index in [0.717, 1.165) is 29.5 Å². The van der Waals surface area contributed by atoms with Gasteiger partial charge in [-0.1, -0.05) is 18.2 Å². The SMILES string of the molecule is Cc1ccc(C(N)=O)cc1-c1cccc(C(=O)NC2CCC2)c1. The van der Waals surface area contributed by atoms with E-state index in [9.17, 15) is 9.59 Å². The third-order valence-corrected chi connectivity index (χ3v) is 4.40. The normalized spacial score (nSPS) is 14.1. The van der Waals surface area contributed by atoms with Gasteiger partial charge in [-0.25, -0.2) is 0 Å². The predicted molar refractivity (Wildman–Crippen MR) is 90.2 cm³/mol. The molecule has 2 aromatic rings. The zero-order valence-corrected chi connectivity index (χ0v) is 13.1. The lowest BCUT2D eigenvalue weighted by Crippen LogP contribution is -2.39. The molecule has 3 rings (SSSR count). The molecule has 23 heavy (non-hydrogen) atoms. The highest BCUT2D eigenvalue weighted by Crippen LogP contribution is 2.26. The molecule has 0 aliphatic heterocycles. The summed E-state index contributed by atoms with van der Waals surface area (Å²) in [6, 6.07) is 13.2. The molecule has 1 fully saturated rings. The van der Waals surface area contributed by atoms with E-state index in [4.69, 9.17) is 5.73 Å². The van der Waals surface area contributed by atoms with Crippen molar-refractivity contribution in [2.24, 2.45) is 5.73 Å². The largest absolute Gasteiger partial charge is 0.366 e. The number of rotatable bonds is 4. The third-order valence-electron chi connectivity index (χ3n) is 4.40. The van der Waals surface area contributed by atoms with Crippen molar-refractivity contribution in [1.29, 1.82) is 0 Å². The van der Waals surface area contributed by atoms with Crippen LogP contribution in [0.3, 0.4) is 0 Å². The molecule has 3 N–H and O–H groups in total.